The molecule has 4 amide bonds. The average Bonchev–Trinajstić information content (AvgIpc) is 3.52. The number of para-hydroxylation sites is 1. The lowest BCUT2D eigenvalue weighted by molar-refractivity contribution is -0.160. The van der Waals surface area contributed by atoms with Crippen LogP contribution in [0.15, 0.2) is 85.1 Å². The Morgan fingerprint density at radius 3 is 2.24 bits per heavy atom. The number of hydrogen-bond donors (Lipinski definition) is 4. The highest BCUT2D eigenvalue weighted by Crippen LogP contribution is 2.27. The van der Waals surface area contributed by atoms with Gasteiger partial charge < -0.3 is 35.8 Å². The summed E-state index contributed by atoms with van der Waals surface area (Å²) in [6.45, 7) is 5.10. The van der Waals surface area contributed by atoms with Crippen LogP contribution in [-0.4, -0.2) is 98.8 Å². The standard InChI is InChI=1S/C39H46N6O5/c1-25(2)20-33(36(40)47)44-18-19-45(34(38(44)49)22-27-12-14-29(46)15-13-27)39(50)35(23-28-24-42-31-11-7-6-10-30(28)31)43-17-16-41-32(37(43)48)21-26-8-4-3-5-9-26/h3-15,24-25,32-35,41-42,46H,16-23H2,1-2H3,(H2,40,47). The molecular formula is C39H46N6O5. The third kappa shape index (κ3) is 7.52. The predicted octanol–water partition coefficient (Wildman–Crippen LogP) is 3.01. The van der Waals surface area contributed by atoms with Gasteiger partial charge in [-0.05, 0) is 53.6 Å². The van der Waals surface area contributed by atoms with Crippen LogP contribution in [-0.2, 0) is 38.4 Å². The molecular weight excluding hydrogens is 632 g/mol. The van der Waals surface area contributed by atoms with Gasteiger partial charge in [-0.25, -0.2) is 0 Å². The average molecular weight is 679 g/mol. The molecule has 11 heteroatoms. The highest BCUT2D eigenvalue weighted by Gasteiger charge is 2.46. The molecule has 2 saturated heterocycles. The number of fused-ring (bicyclic) bond motifs is 1. The number of benzene rings is 3. The monoisotopic (exact) mass is 678 g/mol. The van der Waals surface area contributed by atoms with Crippen molar-refractivity contribution in [3.63, 3.8) is 0 Å². The number of aromatic nitrogens is 1. The van der Waals surface area contributed by atoms with Gasteiger partial charge in [-0.3, -0.25) is 19.2 Å². The van der Waals surface area contributed by atoms with E-state index >= 15 is 4.79 Å². The normalized spacial score (nSPS) is 19.6. The van der Waals surface area contributed by atoms with E-state index in [4.69, 9.17) is 5.73 Å². The summed E-state index contributed by atoms with van der Waals surface area (Å²) in [6, 6.07) is 21.0. The van der Waals surface area contributed by atoms with E-state index in [0.717, 1.165) is 27.6 Å². The van der Waals surface area contributed by atoms with Gasteiger partial charge in [-0.15, -0.1) is 0 Å². The third-order valence-electron chi connectivity index (χ3n) is 9.93. The summed E-state index contributed by atoms with van der Waals surface area (Å²) < 4.78 is 0. The van der Waals surface area contributed by atoms with Crippen LogP contribution in [0, 0.1) is 5.92 Å². The van der Waals surface area contributed by atoms with E-state index in [1.807, 2.05) is 74.6 Å². The van der Waals surface area contributed by atoms with E-state index in [9.17, 15) is 19.5 Å². The van der Waals surface area contributed by atoms with Crippen molar-refractivity contribution in [2.45, 2.75) is 63.7 Å². The second kappa shape index (κ2) is 15.2. The molecule has 11 nitrogen and oxygen atoms in total. The Bertz CT molecular complexity index is 1820. The molecule has 4 unspecified atom stereocenters. The Labute approximate surface area is 292 Å². The maximum Gasteiger partial charge on any atom is 0.246 e. The summed E-state index contributed by atoms with van der Waals surface area (Å²) in [5.41, 5.74) is 9.43. The van der Waals surface area contributed by atoms with Gasteiger partial charge in [0.2, 0.25) is 23.6 Å². The van der Waals surface area contributed by atoms with Crippen LogP contribution in [0.2, 0.25) is 0 Å². The molecule has 3 heterocycles. The highest BCUT2D eigenvalue weighted by molar-refractivity contribution is 5.96. The molecule has 4 atom stereocenters. The highest BCUT2D eigenvalue weighted by atomic mass is 16.3. The summed E-state index contributed by atoms with van der Waals surface area (Å²) in [6.07, 6.45) is 3.20. The van der Waals surface area contributed by atoms with Crippen LogP contribution in [0.4, 0.5) is 0 Å². The van der Waals surface area contributed by atoms with Gasteiger partial charge >= 0.3 is 0 Å². The Morgan fingerprint density at radius 2 is 1.52 bits per heavy atom. The molecule has 5 N–H and O–H groups in total. The van der Waals surface area contributed by atoms with Crippen LogP contribution >= 0.6 is 0 Å². The van der Waals surface area contributed by atoms with Gasteiger partial charge in [0.05, 0.1) is 6.04 Å². The van der Waals surface area contributed by atoms with Crippen molar-refractivity contribution in [2.24, 2.45) is 11.7 Å². The van der Waals surface area contributed by atoms with Gasteiger partial charge in [0.1, 0.15) is 23.9 Å². The van der Waals surface area contributed by atoms with Crippen molar-refractivity contribution in [1.82, 2.24) is 25.0 Å². The van der Waals surface area contributed by atoms with Crippen LogP contribution in [0.5, 0.6) is 5.75 Å². The predicted molar refractivity (Wildman–Crippen MR) is 191 cm³/mol. The zero-order chi connectivity index (χ0) is 35.4. The number of piperazine rings is 2. The van der Waals surface area contributed by atoms with E-state index in [2.05, 4.69) is 10.3 Å². The second-order valence-corrected chi connectivity index (χ2v) is 13.8. The summed E-state index contributed by atoms with van der Waals surface area (Å²) in [4.78, 5) is 64.5. The number of phenolic OH excluding ortho intramolecular Hbond substituents is 1. The molecule has 262 valence electrons. The Hall–Kier alpha value is -5.16. The molecule has 6 rings (SSSR count). The number of nitrogens with one attached hydrogen (secondary N) is 2. The molecule has 4 aromatic rings. The maximum atomic E-state index is 15.1. The number of nitrogens with two attached hydrogens (primary N) is 1. The first-order chi connectivity index (χ1) is 24.1. The van der Waals surface area contributed by atoms with E-state index < -0.39 is 30.1 Å². The van der Waals surface area contributed by atoms with Crippen molar-refractivity contribution in [2.75, 3.05) is 26.2 Å². The van der Waals surface area contributed by atoms with E-state index in [-0.39, 0.29) is 55.3 Å². The Kier molecular flexibility index (Phi) is 10.5. The molecule has 2 fully saturated rings. The third-order valence-corrected chi connectivity index (χ3v) is 9.93. The SMILES string of the molecule is CC(C)CC(C(N)=O)N1CCN(C(=O)C(Cc2c[nH]c3ccccc23)N2CCNC(Cc3ccccc3)C2=O)C(Cc2ccc(O)cc2)C1=O. The smallest absolute Gasteiger partial charge is 0.246 e. The maximum absolute atomic E-state index is 15.1. The summed E-state index contributed by atoms with van der Waals surface area (Å²) in [7, 11) is 0. The fraction of sp³-hybridized carbons (Fsp3) is 0.385. The van der Waals surface area contributed by atoms with Crippen molar-refractivity contribution >= 4 is 34.5 Å². The van der Waals surface area contributed by atoms with Gasteiger partial charge in [0, 0.05) is 56.1 Å². The molecule has 2 aliphatic rings. The molecule has 50 heavy (non-hydrogen) atoms. The molecule has 2 aliphatic heterocycles. The lowest BCUT2D eigenvalue weighted by Gasteiger charge is -2.46. The number of primary amides is 1. The van der Waals surface area contributed by atoms with Crippen molar-refractivity contribution in [1.29, 1.82) is 0 Å². The van der Waals surface area contributed by atoms with Gasteiger partial charge in [-0.2, -0.15) is 0 Å². The van der Waals surface area contributed by atoms with Gasteiger partial charge in [-0.1, -0.05) is 74.5 Å². The minimum absolute atomic E-state index is 0.0880. The minimum Gasteiger partial charge on any atom is -0.508 e. The van der Waals surface area contributed by atoms with Crippen LogP contribution in [0.25, 0.3) is 10.9 Å². The quantitative estimate of drug-likeness (QED) is 0.181. The summed E-state index contributed by atoms with van der Waals surface area (Å²) >= 11 is 0. The second-order valence-electron chi connectivity index (χ2n) is 13.8. The minimum atomic E-state index is -0.946. The fourth-order valence-electron chi connectivity index (χ4n) is 7.38. The molecule has 1 aromatic heterocycles. The van der Waals surface area contributed by atoms with E-state index in [1.54, 1.807) is 34.1 Å². The van der Waals surface area contributed by atoms with Crippen molar-refractivity contribution < 1.29 is 24.3 Å². The molecule has 0 radical (unpaired) electrons. The van der Waals surface area contributed by atoms with Crippen LogP contribution in [0.3, 0.4) is 0 Å². The van der Waals surface area contributed by atoms with Crippen molar-refractivity contribution in [3.8, 4) is 5.75 Å². The zero-order valence-corrected chi connectivity index (χ0v) is 28.6. The van der Waals surface area contributed by atoms with Crippen LogP contribution in [0.1, 0.15) is 37.0 Å². The fourth-order valence-corrected chi connectivity index (χ4v) is 7.38. The molecule has 3 aromatic carbocycles. The number of aromatic hydroxyl groups is 1. The Morgan fingerprint density at radius 1 is 0.840 bits per heavy atom. The summed E-state index contributed by atoms with van der Waals surface area (Å²) in [5.74, 6) is -1.22. The number of rotatable bonds is 12. The molecule has 0 saturated carbocycles. The summed E-state index contributed by atoms with van der Waals surface area (Å²) in [5, 5.41) is 14.3. The molecule has 0 spiro atoms. The zero-order valence-electron chi connectivity index (χ0n) is 28.6. The number of hydrogen-bond acceptors (Lipinski definition) is 6. The molecule has 0 aliphatic carbocycles. The first-order valence-corrected chi connectivity index (χ1v) is 17.4. The number of amides is 4. The van der Waals surface area contributed by atoms with Gasteiger partial charge in [0.25, 0.3) is 0 Å². The van der Waals surface area contributed by atoms with Gasteiger partial charge in [0.15, 0.2) is 0 Å². The largest absolute Gasteiger partial charge is 0.508 e. The first-order valence-electron chi connectivity index (χ1n) is 17.4. The number of H-pyrrole nitrogens is 1. The van der Waals surface area contributed by atoms with E-state index in [0.29, 0.717) is 25.9 Å². The Balaban J connectivity index is 1.36. The number of carbonyl (C=O) groups is 4. The lowest BCUT2D eigenvalue weighted by atomic mass is 9.94. The topological polar surface area (TPSA) is 152 Å². The van der Waals surface area contributed by atoms with E-state index in [1.165, 1.54) is 4.90 Å². The number of aromatic amines is 1. The molecule has 0 bridgehead atoms. The number of nitrogens with zero attached hydrogens (tertiary/aromatic N) is 3. The lowest BCUT2D eigenvalue weighted by Crippen LogP contribution is -2.67. The first kappa shape index (κ1) is 34.7. The van der Waals surface area contributed by atoms with Crippen LogP contribution < -0.4 is 11.1 Å². The number of phenols is 1. The number of carbonyl (C=O) groups excluding carboxylic acids is 4. The van der Waals surface area contributed by atoms with Crippen molar-refractivity contribution in [3.05, 3.63) is 102 Å².